The van der Waals surface area contributed by atoms with Crippen molar-refractivity contribution in [2.24, 2.45) is 5.92 Å². The zero-order valence-electron chi connectivity index (χ0n) is 23.4. The van der Waals surface area contributed by atoms with Gasteiger partial charge in [0.25, 0.3) is 0 Å². The van der Waals surface area contributed by atoms with E-state index in [1.807, 2.05) is 60.7 Å². The van der Waals surface area contributed by atoms with Crippen molar-refractivity contribution < 1.29 is 14.4 Å². The van der Waals surface area contributed by atoms with E-state index in [9.17, 15) is 14.4 Å². The van der Waals surface area contributed by atoms with Crippen LogP contribution in [0.4, 0.5) is 0 Å². The summed E-state index contributed by atoms with van der Waals surface area (Å²) < 4.78 is 0. The molecule has 3 aromatic carbocycles. The van der Waals surface area contributed by atoms with Crippen LogP contribution < -0.4 is 10.6 Å². The first-order valence-corrected chi connectivity index (χ1v) is 13.8. The number of fused-ring (bicyclic) bond motifs is 1. The SMILES string of the molecule is CNC(=O)C(Cc1ccccc1)N(C)C(=O)C(Cc1ccc2ccccc2c1)N(C)C(=O)C1CCC(C)NC1. The first kappa shape index (κ1) is 28.3. The second-order valence-electron chi connectivity index (χ2n) is 10.7. The molecule has 0 bridgehead atoms. The van der Waals surface area contributed by atoms with Gasteiger partial charge in [0.05, 0.1) is 5.92 Å². The average Bonchev–Trinajstić information content (AvgIpc) is 2.97. The van der Waals surface area contributed by atoms with Crippen molar-refractivity contribution in [3.8, 4) is 0 Å². The second kappa shape index (κ2) is 12.9. The zero-order chi connectivity index (χ0) is 27.9. The van der Waals surface area contributed by atoms with Gasteiger partial charge in [-0.15, -0.1) is 0 Å². The maximum absolute atomic E-state index is 14.2. The minimum atomic E-state index is -0.744. The molecule has 4 unspecified atom stereocenters. The van der Waals surface area contributed by atoms with E-state index in [-0.39, 0.29) is 23.6 Å². The molecule has 4 rings (SSSR count). The minimum Gasteiger partial charge on any atom is -0.357 e. The summed E-state index contributed by atoms with van der Waals surface area (Å²) in [4.78, 5) is 43.9. The molecule has 0 saturated carbocycles. The Morgan fingerprint density at radius 2 is 1.51 bits per heavy atom. The number of benzene rings is 3. The van der Waals surface area contributed by atoms with Crippen molar-refractivity contribution in [2.75, 3.05) is 27.7 Å². The number of likely N-dealkylation sites (N-methyl/N-ethyl adjacent to an activating group) is 3. The smallest absolute Gasteiger partial charge is 0.246 e. The minimum absolute atomic E-state index is 0.0403. The molecular formula is C32H40N4O3. The lowest BCUT2D eigenvalue weighted by Crippen LogP contribution is -2.57. The van der Waals surface area contributed by atoms with E-state index < -0.39 is 12.1 Å². The molecule has 1 saturated heterocycles. The van der Waals surface area contributed by atoms with Crippen LogP contribution in [0.1, 0.15) is 30.9 Å². The van der Waals surface area contributed by atoms with E-state index in [0.717, 1.165) is 34.7 Å². The van der Waals surface area contributed by atoms with Crippen LogP contribution in [-0.4, -0.2) is 73.3 Å². The van der Waals surface area contributed by atoms with E-state index in [0.29, 0.717) is 25.4 Å². The van der Waals surface area contributed by atoms with Crippen LogP contribution in [0.25, 0.3) is 10.8 Å². The second-order valence-corrected chi connectivity index (χ2v) is 10.7. The van der Waals surface area contributed by atoms with Gasteiger partial charge >= 0.3 is 0 Å². The number of carbonyl (C=O) groups excluding carboxylic acids is 3. The van der Waals surface area contributed by atoms with Crippen LogP contribution in [-0.2, 0) is 27.2 Å². The first-order valence-electron chi connectivity index (χ1n) is 13.8. The predicted molar refractivity (Wildman–Crippen MR) is 155 cm³/mol. The number of rotatable bonds is 9. The Balaban J connectivity index is 1.63. The van der Waals surface area contributed by atoms with Gasteiger partial charge in [0, 0.05) is 46.6 Å². The highest BCUT2D eigenvalue weighted by Crippen LogP contribution is 2.22. The molecule has 206 valence electrons. The Labute approximate surface area is 231 Å². The molecule has 39 heavy (non-hydrogen) atoms. The van der Waals surface area contributed by atoms with Gasteiger partial charge in [0.15, 0.2) is 0 Å². The maximum atomic E-state index is 14.2. The molecule has 4 atom stereocenters. The van der Waals surface area contributed by atoms with Gasteiger partial charge in [-0.25, -0.2) is 0 Å². The Morgan fingerprint density at radius 3 is 2.18 bits per heavy atom. The zero-order valence-corrected chi connectivity index (χ0v) is 23.4. The van der Waals surface area contributed by atoms with Gasteiger partial charge < -0.3 is 20.4 Å². The van der Waals surface area contributed by atoms with Gasteiger partial charge in [-0.05, 0) is 41.7 Å². The fraction of sp³-hybridized carbons (Fsp3) is 0.406. The lowest BCUT2D eigenvalue weighted by Gasteiger charge is -2.37. The molecule has 1 aliphatic heterocycles. The summed E-state index contributed by atoms with van der Waals surface area (Å²) in [5.74, 6) is -0.705. The summed E-state index contributed by atoms with van der Waals surface area (Å²) in [7, 11) is 4.97. The molecule has 0 aliphatic carbocycles. The Morgan fingerprint density at radius 1 is 0.846 bits per heavy atom. The molecule has 7 heteroatoms. The van der Waals surface area contributed by atoms with Crippen LogP contribution in [0.2, 0.25) is 0 Å². The van der Waals surface area contributed by atoms with Crippen LogP contribution in [0.15, 0.2) is 72.8 Å². The highest BCUT2D eigenvalue weighted by Gasteiger charge is 2.37. The summed E-state index contributed by atoms with van der Waals surface area (Å²) >= 11 is 0. The van der Waals surface area contributed by atoms with Crippen molar-refractivity contribution in [3.05, 3.63) is 83.9 Å². The molecule has 1 aliphatic rings. The third-order valence-electron chi connectivity index (χ3n) is 7.99. The number of carbonyl (C=O) groups is 3. The van der Waals surface area contributed by atoms with Crippen molar-refractivity contribution in [2.45, 2.75) is 50.7 Å². The van der Waals surface area contributed by atoms with Gasteiger partial charge in [0.2, 0.25) is 17.7 Å². The first-order chi connectivity index (χ1) is 18.8. The molecule has 1 heterocycles. The van der Waals surface area contributed by atoms with Gasteiger partial charge in [0.1, 0.15) is 12.1 Å². The Hall–Kier alpha value is -3.71. The summed E-state index contributed by atoms with van der Waals surface area (Å²) in [6.45, 7) is 2.73. The van der Waals surface area contributed by atoms with Crippen molar-refractivity contribution in [3.63, 3.8) is 0 Å². The number of nitrogens with one attached hydrogen (secondary N) is 2. The summed E-state index contributed by atoms with van der Waals surface area (Å²) in [6, 6.07) is 22.9. The lowest BCUT2D eigenvalue weighted by molar-refractivity contribution is -0.149. The number of hydrogen-bond acceptors (Lipinski definition) is 4. The number of nitrogens with zero attached hydrogens (tertiary/aromatic N) is 2. The summed E-state index contributed by atoms with van der Waals surface area (Å²) in [6.07, 6.45) is 2.45. The topological polar surface area (TPSA) is 81.8 Å². The molecule has 7 nitrogen and oxygen atoms in total. The number of amides is 3. The molecule has 0 radical (unpaired) electrons. The third kappa shape index (κ3) is 6.84. The van der Waals surface area contributed by atoms with Gasteiger partial charge in [-0.1, -0.05) is 72.8 Å². The van der Waals surface area contributed by atoms with Gasteiger partial charge in [-0.2, -0.15) is 0 Å². The van der Waals surface area contributed by atoms with E-state index in [1.54, 1.807) is 26.0 Å². The van der Waals surface area contributed by atoms with Crippen molar-refractivity contribution >= 4 is 28.5 Å². The fourth-order valence-electron chi connectivity index (χ4n) is 5.43. The van der Waals surface area contributed by atoms with Crippen molar-refractivity contribution in [1.29, 1.82) is 0 Å². The molecule has 3 amide bonds. The maximum Gasteiger partial charge on any atom is 0.246 e. The summed E-state index contributed by atoms with van der Waals surface area (Å²) in [5.41, 5.74) is 1.93. The van der Waals surface area contributed by atoms with E-state index in [2.05, 4.69) is 29.7 Å². The quantitative estimate of drug-likeness (QED) is 0.446. The largest absolute Gasteiger partial charge is 0.357 e. The Bertz CT molecular complexity index is 1290. The standard InChI is InChI=1S/C32H40N4O3/c1-22-14-16-27(21-34-22)31(38)36(4)29(20-24-15-17-25-12-8-9-13-26(25)18-24)32(39)35(3)28(30(37)33-2)19-23-10-6-5-7-11-23/h5-13,15,17-18,22,27-29,34H,14,16,19-21H2,1-4H3,(H,33,37). The van der Waals surface area contributed by atoms with Gasteiger partial charge in [-0.3, -0.25) is 14.4 Å². The Kier molecular flexibility index (Phi) is 9.36. The number of piperidine rings is 1. The normalized spacial score (nSPS) is 18.7. The van der Waals surface area contributed by atoms with Crippen LogP contribution in [0.3, 0.4) is 0 Å². The molecule has 1 fully saturated rings. The van der Waals surface area contributed by atoms with Crippen LogP contribution in [0, 0.1) is 5.92 Å². The molecule has 3 aromatic rings. The van der Waals surface area contributed by atoms with Crippen LogP contribution >= 0.6 is 0 Å². The van der Waals surface area contributed by atoms with E-state index >= 15 is 0 Å². The van der Waals surface area contributed by atoms with Crippen molar-refractivity contribution in [1.82, 2.24) is 20.4 Å². The third-order valence-corrected chi connectivity index (χ3v) is 7.99. The fourth-order valence-corrected chi connectivity index (χ4v) is 5.43. The molecule has 0 aromatic heterocycles. The molecule has 0 spiro atoms. The van der Waals surface area contributed by atoms with E-state index in [1.165, 1.54) is 4.90 Å². The average molecular weight is 529 g/mol. The van der Waals surface area contributed by atoms with E-state index in [4.69, 9.17) is 0 Å². The molecular weight excluding hydrogens is 488 g/mol. The van der Waals surface area contributed by atoms with Crippen LogP contribution in [0.5, 0.6) is 0 Å². The number of hydrogen-bond donors (Lipinski definition) is 2. The monoisotopic (exact) mass is 528 g/mol. The molecule has 2 N–H and O–H groups in total. The lowest BCUT2D eigenvalue weighted by atomic mass is 9.92. The summed E-state index contributed by atoms with van der Waals surface area (Å²) in [5, 5.41) is 8.32. The highest BCUT2D eigenvalue weighted by atomic mass is 16.2. The highest BCUT2D eigenvalue weighted by molar-refractivity contribution is 5.93. The predicted octanol–water partition coefficient (Wildman–Crippen LogP) is 3.41.